The first-order chi connectivity index (χ1) is 11.6. The van der Waals surface area contributed by atoms with E-state index in [1.54, 1.807) is 18.5 Å². The molecule has 1 aliphatic rings. The van der Waals surface area contributed by atoms with Gasteiger partial charge in [-0.3, -0.25) is 10.1 Å². The second kappa shape index (κ2) is 7.44. The summed E-state index contributed by atoms with van der Waals surface area (Å²) in [5.41, 5.74) is 0.520. The minimum absolute atomic E-state index is 0.202. The molecule has 0 spiro atoms. The molecule has 7 heteroatoms. The van der Waals surface area contributed by atoms with Crippen molar-refractivity contribution in [2.45, 2.75) is 20.4 Å². The van der Waals surface area contributed by atoms with Gasteiger partial charge in [-0.1, -0.05) is 13.8 Å². The minimum atomic E-state index is -0.202. The van der Waals surface area contributed by atoms with Gasteiger partial charge in [0.25, 0.3) is 5.91 Å². The van der Waals surface area contributed by atoms with Crippen molar-refractivity contribution in [2.75, 3.05) is 36.5 Å². The molecule has 2 aromatic heterocycles. The van der Waals surface area contributed by atoms with E-state index in [9.17, 15) is 4.79 Å². The summed E-state index contributed by atoms with van der Waals surface area (Å²) < 4.78 is 7.28. The van der Waals surface area contributed by atoms with Crippen molar-refractivity contribution in [1.29, 1.82) is 0 Å². The molecule has 1 amide bonds. The van der Waals surface area contributed by atoms with Crippen molar-refractivity contribution < 1.29 is 9.53 Å². The third-order valence-corrected chi connectivity index (χ3v) is 3.85. The quantitative estimate of drug-likeness (QED) is 0.908. The van der Waals surface area contributed by atoms with Gasteiger partial charge in [-0.2, -0.15) is 0 Å². The number of morpholine rings is 1. The number of aromatic nitrogens is 3. The maximum atomic E-state index is 12.4. The highest BCUT2D eigenvalue weighted by Crippen LogP contribution is 2.14. The van der Waals surface area contributed by atoms with Crippen LogP contribution in [0, 0.1) is 5.92 Å². The monoisotopic (exact) mass is 329 g/mol. The molecule has 0 atom stereocenters. The van der Waals surface area contributed by atoms with Crippen LogP contribution >= 0.6 is 0 Å². The predicted molar refractivity (Wildman–Crippen MR) is 92.3 cm³/mol. The van der Waals surface area contributed by atoms with Gasteiger partial charge in [0.1, 0.15) is 5.82 Å². The maximum absolute atomic E-state index is 12.4. The Kier molecular flexibility index (Phi) is 5.10. The molecule has 1 saturated heterocycles. The van der Waals surface area contributed by atoms with Crippen LogP contribution in [0.4, 0.5) is 11.8 Å². The second-order valence-electron chi connectivity index (χ2n) is 6.26. The summed E-state index contributed by atoms with van der Waals surface area (Å²) in [5, 5.41) is 2.85. The molecule has 3 rings (SSSR count). The van der Waals surface area contributed by atoms with E-state index in [-0.39, 0.29) is 5.91 Å². The Morgan fingerprint density at radius 2 is 2.08 bits per heavy atom. The number of anilines is 2. The third-order valence-electron chi connectivity index (χ3n) is 3.85. The van der Waals surface area contributed by atoms with Gasteiger partial charge < -0.3 is 14.2 Å². The fourth-order valence-corrected chi connectivity index (χ4v) is 2.65. The molecule has 0 unspecified atom stereocenters. The highest BCUT2D eigenvalue weighted by atomic mass is 16.5. The van der Waals surface area contributed by atoms with Gasteiger partial charge in [0.15, 0.2) is 0 Å². The van der Waals surface area contributed by atoms with Crippen LogP contribution in [0.25, 0.3) is 0 Å². The Balaban J connectivity index is 1.66. The Bertz CT molecular complexity index is 675. The smallest absolute Gasteiger partial charge is 0.259 e. The number of rotatable bonds is 5. The fourth-order valence-electron chi connectivity index (χ4n) is 2.65. The molecule has 7 nitrogen and oxygen atoms in total. The standard InChI is InChI=1S/C17H23N5O2/c1-13(2)12-22-6-5-18-17(22)20-16(23)14-3-4-15(19-11-14)21-7-9-24-10-8-21/h3-6,11,13H,7-10,12H2,1-2H3,(H,18,20,23). The van der Waals surface area contributed by atoms with Gasteiger partial charge in [0, 0.05) is 38.2 Å². The van der Waals surface area contributed by atoms with Gasteiger partial charge in [-0.15, -0.1) is 0 Å². The second-order valence-corrected chi connectivity index (χ2v) is 6.26. The number of hydrogen-bond acceptors (Lipinski definition) is 5. The first-order valence-electron chi connectivity index (χ1n) is 8.24. The van der Waals surface area contributed by atoms with Crippen LogP contribution in [-0.4, -0.2) is 46.7 Å². The minimum Gasteiger partial charge on any atom is -0.378 e. The number of nitrogens with one attached hydrogen (secondary N) is 1. The number of ether oxygens (including phenoxy) is 1. The zero-order valence-electron chi connectivity index (χ0n) is 14.1. The lowest BCUT2D eigenvalue weighted by molar-refractivity contribution is 0.102. The Labute approximate surface area is 141 Å². The Morgan fingerprint density at radius 1 is 1.29 bits per heavy atom. The number of carbonyl (C=O) groups is 1. The Morgan fingerprint density at radius 3 is 2.75 bits per heavy atom. The van der Waals surface area contributed by atoms with Crippen LogP contribution in [0.3, 0.4) is 0 Å². The zero-order valence-corrected chi connectivity index (χ0v) is 14.1. The van der Waals surface area contributed by atoms with Crippen LogP contribution in [0.1, 0.15) is 24.2 Å². The lowest BCUT2D eigenvalue weighted by atomic mass is 10.2. The number of amides is 1. The van der Waals surface area contributed by atoms with E-state index in [4.69, 9.17) is 4.74 Å². The maximum Gasteiger partial charge on any atom is 0.259 e. The van der Waals surface area contributed by atoms with E-state index in [1.165, 1.54) is 0 Å². The van der Waals surface area contributed by atoms with Crippen LogP contribution in [0.2, 0.25) is 0 Å². The predicted octanol–water partition coefficient (Wildman–Crippen LogP) is 2.02. The number of pyridine rings is 1. The number of carbonyl (C=O) groups excluding carboxylic acids is 1. The molecule has 3 heterocycles. The molecule has 1 fully saturated rings. The lowest BCUT2D eigenvalue weighted by Gasteiger charge is -2.27. The van der Waals surface area contributed by atoms with Crippen molar-refractivity contribution in [1.82, 2.24) is 14.5 Å². The molecule has 0 radical (unpaired) electrons. The van der Waals surface area contributed by atoms with E-state index in [1.807, 2.05) is 16.8 Å². The van der Waals surface area contributed by atoms with E-state index < -0.39 is 0 Å². The summed E-state index contributed by atoms with van der Waals surface area (Å²) in [7, 11) is 0. The van der Waals surface area contributed by atoms with Gasteiger partial charge in [-0.25, -0.2) is 9.97 Å². The van der Waals surface area contributed by atoms with Crippen molar-refractivity contribution in [3.8, 4) is 0 Å². The molecule has 128 valence electrons. The van der Waals surface area contributed by atoms with Crippen LogP contribution in [0.15, 0.2) is 30.7 Å². The molecule has 0 aliphatic carbocycles. The van der Waals surface area contributed by atoms with Gasteiger partial charge in [0.05, 0.1) is 18.8 Å². The number of nitrogens with zero attached hydrogens (tertiary/aromatic N) is 4. The molecular formula is C17H23N5O2. The van der Waals surface area contributed by atoms with Gasteiger partial charge in [-0.05, 0) is 18.1 Å². The van der Waals surface area contributed by atoms with E-state index >= 15 is 0 Å². The van der Waals surface area contributed by atoms with E-state index in [0.717, 1.165) is 25.5 Å². The summed E-state index contributed by atoms with van der Waals surface area (Å²) in [6, 6.07) is 3.67. The highest BCUT2D eigenvalue weighted by Gasteiger charge is 2.14. The van der Waals surface area contributed by atoms with Gasteiger partial charge >= 0.3 is 0 Å². The number of hydrogen-bond donors (Lipinski definition) is 1. The molecule has 24 heavy (non-hydrogen) atoms. The molecule has 0 bridgehead atoms. The van der Waals surface area contributed by atoms with Gasteiger partial charge in [0.2, 0.25) is 5.95 Å². The first kappa shape index (κ1) is 16.4. The summed E-state index contributed by atoms with van der Waals surface area (Å²) >= 11 is 0. The first-order valence-corrected chi connectivity index (χ1v) is 8.24. The lowest BCUT2D eigenvalue weighted by Crippen LogP contribution is -2.36. The number of imidazole rings is 1. The summed E-state index contributed by atoms with van der Waals surface area (Å²) in [6.45, 7) is 8.13. The van der Waals surface area contributed by atoms with Crippen molar-refractivity contribution in [3.63, 3.8) is 0 Å². The molecule has 0 saturated carbocycles. The van der Waals surface area contributed by atoms with Crippen LogP contribution in [0.5, 0.6) is 0 Å². The summed E-state index contributed by atoms with van der Waals surface area (Å²) in [6.07, 6.45) is 5.17. The van der Waals surface area contributed by atoms with E-state index in [2.05, 4.69) is 34.0 Å². The fraction of sp³-hybridized carbons (Fsp3) is 0.471. The molecule has 1 aliphatic heterocycles. The van der Waals surface area contributed by atoms with Crippen molar-refractivity contribution in [2.24, 2.45) is 5.92 Å². The zero-order chi connectivity index (χ0) is 16.9. The summed E-state index contributed by atoms with van der Waals surface area (Å²) in [5.74, 6) is 1.71. The molecule has 1 N–H and O–H groups in total. The van der Waals surface area contributed by atoms with Crippen LogP contribution in [-0.2, 0) is 11.3 Å². The molecular weight excluding hydrogens is 306 g/mol. The van der Waals surface area contributed by atoms with Crippen molar-refractivity contribution in [3.05, 3.63) is 36.3 Å². The topological polar surface area (TPSA) is 72.3 Å². The molecule has 0 aromatic carbocycles. The van der Waals surface area contributed by atoms with Crippen molar-refractivity contribution >= 4 is 17.7 Å². The molecule has 2 aromatic rings. The van der Waals surface area contributed by atoms with E-state index in [0.29, 0.717) is 30.6 Å². The summed E-state index contributed by atoms with van der Waals surface area (Å²) in [4.78, 5) is 23.2. The average molecular weight is 329 g/mol. The largest absolute Gasteiger partial charge is 0.378 e. The SMILES string of the molecule is CC(C)Cn1ccnc1NC(=O)c1ccc(N2CCOCC2)nc1. The normalized spacial score (nSPS) is 14.9. The average Bonchev–Trinajstić information content (AvgIpc) is 3.02. The Hall–Kier alpha value is -2.41. The third kappa shape index (κ3) is 3.91. The highest BCUT2D eigenvalue weighted by molar-refractivity contribution is 6.03. The van der Waals surface area contributed by atoms with Crippen LogP contribution < -0.4 is 10.2 Å².